The third-order valence-corrected chi connectivity index (χ3v) is 2.80. The van der Waals surface area contributed by atoms with Crippen molar-refractivity contribution in [3.8, 4) is 0 Å². The summed E-state index contributed by atoms with van der Waals surface area (Å²) in [5.41, 5.74) is 1.16. The first kappa shape index (κ1) is 14.4. The number of hydrogen-bond acceptors (Lipinski definition) is 2. The average molecular weight is 251 g/mol. The largest absolute Gasteiger partial charge is 0.478 e. The van der Waals surface area contributed by atoms with Crippen molar-refractivity contribution in [1.82, 2.24) is 4.90 Å². The Morgan fingerprint density at radius 1 is 1.50 bits per heavy atom. The monoisotopic (exact) mass is 251 g/mol. The second-order valence-corrected chi connectivity index (χ2v) is 4.53. The second-order valence-electron chi connectivity index (χ2n) is 4.53. The molecule has 1 aromatic carbocycles. The van der Waals surface area contributed by atoms with Crippen LogP contribution in [0.5, 0.6) is 0 Å². The molecule has 0 atom stereocenters. The number of nitrogens with zero attached hydrogens (tertiary/aromatic N) is 1. The van der Waals surface area contributed by atoms with Crippen LogP contribution < -0.4 is 0 Å². The van der Waals surface area contributed by atoms with E-state index in [-0.39, 0.29) is 5.82 Å². The molecule has 0 aromatic heterocycles. The summed E-state index contributed by atoms with van der Waals surface area (Å²) in [5, 5.41) is 8.49. The van der Waals surface area contributed by atoms with Gasteiger partial charge in [0.15, 0.2) is 0 Å². The number of rotatable bonds is 5. The van der Waals surface area contributed by atoms with E-state index in [0.717, 1.165) is 6.08 Å². The molecule has 98 valence electrons. The second kappa shape index (κ2) is 6.31. The highest BCUT2D eigenvalue weighted by molar-refractivity contribution is 5.85. The molecule has 1 rings (SSSR count). The van der Waals surface area contributed by atoms with Crippen LogP contribution in [0.2, 0.25) is 0 Å². The number of carbonyl (C=O) groups is 1. The summed E-state index contributed by atoms with van der Waals surface area (Å²) in [6, 6.07) is 5.10. The van der Waals surface area contributed by atoms with E-state index in [4.69, 9.17) is 5.11 Å². The van der Waals surface area contributed by atoms with E-state index in [1.807, 2.05) is 25.8 Å². The van der Waals surface area contributed by atoms with Crippen LogP contribution in [0, 0.1) is 5.82 Å². The van der Waals surface area contributed by atoms with Crippen molar-refractivity contribution < 1.29 is 14.3 Å². The van der Waals surface area contributed by atoms with Crippen molar-refractivity contribution in [3.63, 3.8) is 0 Å². The summed E-state index contributed by atoms with van der Waals surface area (Å²) in [6.45, 7) is 4.62. The molecule has 0 unspecified atom stereocenters. The number of carboxylic acids is 1. The highest BCUT2D eigenvalue weighted by Gasteiger charge is 2.08. The summed E-state index contributed by atoms with van der Waals surface area (Å²) in [5.74, 6) is -1.35. The maximum Gasteiger partial charge on any atom is 0.328 e. The molecule has 0 bridgehead atoms. The smallest absolute Gasteiger partial charge is 0.328 e. The lowest BCUT2D eigenvalue weighted by atomic mass is 10.1. The fourth-order valence-electron chi connectivity index (χ4n) is 1.41. The predicted octanol–water partition coefficient (Wildman–Crippen LogP) is 2.76. The summed E-state index contributed by atoms with van der Waals surface area (Å²) in [4.78, 5) is 12.4. The maximum absolute atomic E-state index is 13.8. The lowest BCUT2D eigenvalue weighted by Gasteiger charge is -2.21. The molecule has 1 aromatic rings. The summed E-state index contributed by atoms with van der Waals surface area (Å²) in [6.07, 6.45) is 2.37. The van der Waals surface area contributed by atoms with Gasteiger partial charge in [0.1, 0.15) is 5.82 Å². The molecule has 0 fully saturated rings. The minimum Gasteiger partial charge on any atom is -0.478 e. The third kappa shape index (κ3) is 4.30. The Bertz CT molecular complexity index is 455. The molecule has 0 spiro atoms. The first-order valence-electron chi connectivity index (χ1n) is 5.80. The Morgan fingerprint density at radius 2 is 2.17 bits per heavy atom. The van der Waals surface area contributed by atoms with Gasteiger partial charge in [-0.25, -0.2) is 9.18 Å². The molecular formula is C14H18FNO2. The zero-order valence-electron chi connectivity index (χ0n) is 10.9. The van der Waals surface area contributed by atoms with Crippen molar-refractivity contribution >= 4 is 12.0 Å². The molecule has 0 aliphatic rings. The lowest BCUT2D eigenvalue weighted by molar-refractivity contribution is -0.131. The number of benzene rings is 1. The highest BCUT2D eigenvalue weighted by atomic mass is 19.1. The van der Waals surface area contributed by atoms with Crippen LogP contribution >= 0.6 is 0 Å². The van der Waals surface area contributed by atoms with Crippen LogP contribution in [-0.2, 0) is 11.3 Å². The molecule has 1 N–H and O–H groups in total. The van der Waals surface area contributed by atoms with Gasteiger partial charge in [-0.15, -0.1) is 0 Å². The standard InChI is InChI=1S/C14H18FNO2/c1-10(2)16(3)9-12-6-4-11(8-13(12)15)5-7-14(17)18/h4-8,10H,9H2,1-3H3,(H,17,18)/b7-5+. The van der Waals surface area contributed by atoms with E-state index < -0.39 is 5.97 Å². The molecule has 4 heteroatoms. The van der Waals surface area contributed by atoms with Crippen molar-refractivity contribution in [3.05, 3.63) is 41.2 Å². The first-order valence-corrected chi connectivity index (χ1v) is 5.80. The normalized spacial score (nSPS) is 11.7. The minimum absolute atomic E-state index is 0.310. The van der Waals surface area contributed by atoms with Gasteiger partial charge in [-0.1, -0.05) is 12.1 Å². The minimum atomic E-state index is -1.04. The van der Waals surface area contributed by atoms with Crippen LogP contribution in [0.1, 0.15) is 25.0 Å². The van der Waals surface area contributed by atoms with Gasteiger partial charge in [-0.05, 0) is 38.6 Å². The zero-order chi connectivity index (χ0) is 13.7. The highest BCUT2D eigenvalue weighted by Crippen LogP contribution is 2.14. The molecular weight excluding hydrogens is 233 g/mol. The summed E-state index contributed by atoms with van der Waals surface area (Å²) >= 11 is 0. The number of aliphatic carboxylic acids is 1. The van der Waals surface area contributed by atoms with E-state index in [1.165, 1.54) is 12.1 Å². The van der Waals surface area contributed by atoms with Gasteiger partial charge in [0.2, 0.25) is 0 Å². The predicted molar refractivity (Wildman–Crippen MR) is 69.7 cm³/mol. The Balaban J connectivity index is 2.83. The quantitative estimate of drug-likeness (QED) is 0.818. The van der Waals surface area contributed by atoms with Gasteiger partial charge in [0, 0.05) is 24.2 Å². The molecule has 0 aliphatic heterocycles. The topological polar surface area (TPSA) is 40.5 Å². The Kier molecular flexibility index (Phi) is 5.04. The van der Waals surface area contributed by atoms with Gasteiger partial charge in [-0.2, -0.15) is 0 Å². The van der Waals surface area contributed by atoms with Crippen LogP contribution in [0.25, 0.3) is 6.08 Å². The Morgan fingerprint density at radius 3 is 2.67 bits per heavy atom. The molecule has 0 amide bonds. The number of carboxylic acid groups (broad SMARTS) is 1. The molecule has 0 aliphatic carbocycles. The Hall–Kier alpha value is -1.68. The van der Waals surface area contributed by atoms with Crippen LogP contribution in [0.15, 0.2) is 24.3 Å². The molecule has 0 saturated heterocycles. The van der Waals surface area contributed by atoms with Crippen LogP contribution in [-0.4, -0.2) is 29.1 Å². The lowest BCUT2D eigenvalue weighted by Crippen LogP contribution is -2.26. The molecule has 0 saturated carbocycles. The van der Waals surface area contributed by atoms with E-state index in [2.05, 4.69) is 0 Å². The van der Waals surface area contributed by atoms with Crippen molar-refractivity contribution in [1.29, 1.82) is 0 Å². The number of hydrogen-bond donors (Lipinski definition) is 1. The fraction of sp³-hybridized carbons (Fsp3) is 0.357. The number of halogens is 1. The fourth-order valence-corrected chi connectivity index (χ4v) is 1.41. The molecule has 0 radical (unpaired) electrons. The van der Waals surface area contributed by atoms with Gasteiger partial charge < -0.3 is 5.11 Å². The van der Waals surface area contributed by atoms with Crippen molar-refractivity contribution in [2.24, 2.45) is 0 Å². The van der Waals surface area contributed by atoms with E-state index in [9.17, 15) is 9.18 Å². The van der Waals surface area contributed by atoms with Crippen LogP contribution in [0.3, 0.4) is 0 Å². The SMILES string of the molecule is CC(C)N(C)Cc1ccc(/C=C/C(=O)O)cc1F. The zero-order valence-corrected chi connectivity index (χ0v) is 10.9. The van der Waals surface area contributed by atoms with Gasteiger partial charge in [0.25, 0.3) is 0 Å². The Labute approximate surface area is 107 Å². The van der Waals surface area contributed by atoms with Crippen molar-refractivity contribution in [2.75, 3.05) is 7.05 Å². The van der Waals surface area contributed by atoms with Crippen LogP contribution in [0.4, 0.5) is 4.39 Å². The average Bonchev–Trinajstić information content (AvgIpc) is 2.29. The first-order chi connectivity index (χ1) is 8.40. The van der Waals surface area contributed by atoms with Gasteiger partial charge >= 0.3 is 5.97 Å². The van der Waals surface area contributed by atoms with Gasteiger partial charge in [0.05, 0.1) is 0 Å². The van der Waals surface area contributed by atoms with E-state index in [0.29, 0.717) is 23.7 Å². The third-order valence-electron chi connectivity index (χ3n) is 2.80. The van der Waals surface area contributed by atoms with E-state index >= 15 is 0 Å². The molecule has 0 heterocycles. The van der Waals surface area contributed by atoms with Crippen molar-refractivity contribution in [2.45, 2.75) is 26.4 Å². The summed E-state index contributed by atoms with van der Waals surface area (Å²) < 4.78 is 13.8. The molecule has 3 nitrogen and oxygen atoms in total. The van der Waals surface area contributed by atoms with Gasteiger partial charge in [-0.3, -0.25) is 4.90 Å². The summed E-state index contributed by atoms with van der Waals surface area (Å²) in [7, 11) is 1.93. The maximum atomic E-state index is 13.8. The molecule has 18 heavy (non-hydrogen) atoms. The van der Waals surface area contributed by atoms with E-state index in [1.54, 1.807) is 12.1 Å².